The van der Waals surface area contributed by atoms with Crippen molar-refractivity contribution >= 4 is 0 Å². The minimum absolute atomic E-state index is 0.222. The lowest BCUT2D eigenvalue weighted by Gasteiger charge is -2.20. The molecule has 0 aliphatic carbocycles. The quantitative estimate of drug-likeness (QED) is 0.635. The van der Waals surface area contributed by atoms with Gasteiger partial charge in [0, 0.05) is 17.8 Å². The molecule has 0 radical (unpaired) electrons. The van der Waals surface area contributed by atoms with Gasteiger partial charge in [-0.05, 0) is 52.8 Å². The molecule has 98 valence electrons. The maximum atomic E-state index is 4.20. The monoisotopic (exact) mass is 238 g/mol. The summed E-state index contributed by atoms with van der Waals surface area (Å²) in [5.74, 6) is 0. The van der Waals surface area contributed by atoms with E-state index in [2.05, 4.69) is 54.6 Å². The highest BCUT2D eigenvalue weighted by atomic mass is 15.1. The van der Waals surface area contributed by atoms with E-state index in [1.807, 2.05) is 0 Å². The second kappa shape index (κ2) is 6.77. The van der Waals surface area contributed by atoms with E-state index in [9.17, 15) is 0 Å². The van der Waals surface area contributed by atoms with Crippen LogP contribution in [0.25, 0.3) is 0 Å². The Labute approximate surface area is 105 Å². The highest BCUT2D eigenvalue weighted by Gasteiger charge is 2.06. The van der Waals surface area contributed by atoms with Gasteiger partial charge in [0.15, 0.2) is 0 Å². The predicted octanol–water partition coefficient (Wildman–Crippen LogP) is 1.84. The molecule has 0 saturated carbocycles. The molecule has 1 heterocycles. The molecular weight excluding hydrogens is 212 g/mol. The first-order chi connectivity index (χ1) is 8.01. The van der Waals surface area contributed by atoms with Gasteiger partial charge in [-0.25, -0.2) is 0 Å². The summed E-state index contributed by atoms with van der Waals surface area (Å²) in [6.45, 7) is 11.7. The number of nitrogens with zero attached hydrogens (tertiary/aromatic N) is 1. The number of nitrogens with one attached hydrogen (secondary N) is 3. The summed E-state index contributed by atoms with van der Waals surface area (Å²) in [5, 5.41) is 14.1. The fraction of sp³-hybridized carbons (Fsp3) is 0.769. The number of aromatic nitrogens is 2. The van der Waals surface area contributed by atoms with E-state index in [-0.39, 0.29) is 5.54 Å². The first-order valence-electron chi connectivity index (χ1n) is 6.50. The molecule has 4 heteroatoms. The van der Waals surface area contributed by atoms with Gasteiger partial charge in [-0.3, -0.25) is 5.10 Å². The predicted molar refractivity (Wildman–Crippen MR) is 72.0 cm³/mol. The fourth-order valence-electron chi connectivity index (χ4n) is 1.58. The molecule has 0 aliphatic heterocycles. The van der Waals surface area contributed by atoms with Crippen molar-refractivity contribution in [3.05, 3.63) is 17.5 Å². The van der Waals surface area contributed by atoms with Crippen LogP contribution in [0.5, 0.6) is 0 Å². The SMILES string of the molecule is CCc1cc(CNCCCNC(C)(C)C)[nH]n1. The summed E-state index contributed by atoms with van der Waals surface area (Å²) in [4.78, 5) is 0. The standard InChI is InChI=1S/C13H26N4/c1-5-11-9-12(17-16-11)10-14-7-6-8-15-13(2,3)4/h9,14-15H,5-8,10H2,1-4H3,(H,16,17). The van der Waals surface area contributed by atoms with Gasteiger partial charge in [0.2, 0.25) is 0 Å². The van der Waals surface area contributed by atoms with Crippen molar-refractivity contribution in [3.8, 4) is 0 Å². The van der Waals surface area contributed by atoms with E-state index < -0.39 is 0 Å². The number of hydrogen-bond acceptors (Lipinski definition) is 3. The van der Waals surface area contributed by atoms with E-state index in [4.69, 9.17) is 0 Å². The Hall–Kier alpha value is -0.870. The smallest absolute Gasteiger partial charge is 0.0622 e. The van der Waals surface area contributed by atoms with Crippen LogP contribution in [0, 0.1) is 0 Å². The first kappa shape index (κ1) is 14.2. The molecule has 0 saturated heterocycles. The Bertz CT molecular complexity index is 311. The van der Waals surface area contributed by atoms with E-state index in [1.54, 1.807) is 0 Å². The van der Waals surface area contributed by atoms with Gasteiger partial charge in [-0.15, -0.1) is 0 Å². The lowest BCUT2D eigenvalue weighted by atomic mass is 10.1. The molecular formula is C13H26N4. The van der Waals surface area contributed by atoms with Gasteiger partial charge in [0.1, 0.15) is 0 Å². The summed E-state index contributed by atoms with van der Waals surface area (Å²) >= 11 is 0. The van der Waals surface area contributed by atoms with Gasteiger partial charge in [-0.2, -0.15) is 5.10 Å². The summed E-state index contributed by atoms with van der Waals surface area (Å²) in [6, 6.07) is 2.13. The molecule has 0 aromatic carbocycles. The molecule has 0 bridgehead atoms. The van der Waals surface area contributed by atoms with Crippen LogP contribution in [-0.4, -0.2) is 28.8 Å². The van der Waals surface area contributed by atoms with E-state index >= 15 is 0 Å². The molecule has 0 fully saturated rings. The van der Waals surface area contributed by atoms with E-state index in [0.29, 0.717) is 0 Å². The number of aryl methyl sites for hydroxylation is 1. The van der Waals surface area contributed by atoms with Crippen molar-refractivity contribution in [2.75, 3.05) is 13.1 Å². The Balaban J connectivity index is 2.04. The summed E-state index contributed by atoms with van der Waals surface area (Å²) in [7, 11) is 0. The van der Waals surface area contributed by atoms with Crippen LogP contribution in [0.3, 0.4) is 0 Å². The molecule has 0 spiro atoms. The average molecular weight is 238 g/mol. The second-order valence-corrected chi connectivity index (χ2v) is 5.45. The van der Waals surface area contributed by atoms with Gasteiger partial charge in [-0.1, -0.05) is 6.92 Å². The van der Waals surface area contributed by atoms with Gasteiger partial charge < -0.3 is 10.6 Å². The van der Waals surface area contributed by atoms with Crippen LogP contribution in [0.4, 0.5) is 0 Å². The largest absolute Gasteiger partial charge is 0.312 e. The lowest BCUT2D eigenvalue weighted by Crippen LogP contribution is -2.37. The summed E-state index contributed by atoms with van der Waals surface area (Å²) < 4.78 is 0. The van der Waals surface area contributed by atoms with Crippen molar-refractivity contribution in [3.63, 3.8) is 0 Å². The molecule has 4 nitrogen and oxygen atoms in total. The third-order valence-electron chi connectivity index (χ3n) is 2.55. The van der Waals surface area contributed by atoms with Gasteiger partial charge >= 0.3 is 0 Å². The number of aromatic amines is 1. The third kappa shape index (κ3) is 6.44. The van der Waals surface area contributed by atoms with Crippen molar-refractivity contribution in [2.45, 2.75) is 52.6 Å². The molecule has 0 amide bonds. The van der Waals surface area contributed by atoms with Gasteiger partial charge in [0.25, 0.3) is 0 Å². The van der Waals surface area contributed by atoms with Gasteiger partial charge in [0.05, 0.1) is 5.69 Å². The Morgan fingerprint density at radius 1 is 1.29 bits per heavy atom. The molecule has 0 aliphatic rings. The van der Waals surface area contributed by atoms with Crippen LogP contribution < -0.4 is 10.6 Å². The maximum absolute atomic E-state index is 4.20. The highest BCUT2D eigenvalue weighted by molar-refractivity contribution is 5.07. The zero-order valence-electron chi connectivity index (χ0n) is 11.6. The highest BCUT2D eigenvalue weighted by Crippen LogP contribution is 2.00. The number of H-pyrrole nitrogens is 1. The topological polar surface area (TPSA) is 52.7 Å². The van der Waals surface area contributed by atoms with Crippen LogP contribution in [0.1, 0.15) is 45.5 Å². The minimum Gasteiger partial charge on any atom is -0.312 e. The van der Waals surface area contributed by atoms with Crippen LogP contribution in [0.15, 0.2) is 6.07 Å². The van der Waals surface area contributed by atoms with E-state index in [0.717, 1.165) is 38.2 Å². The van der Waals surface area contributed by atoms with Crippen molar-refractivity contribution in [1.82, 2.24) is 20.8 Å². The fourth-order valence-corrected chi connectivity index (χ4v) is 1.58. The van der Waals surface area contributed by atoms with Crippen molar-refractivity contribution in [1.29, 1.82) is 0 Å². The van der Waals surface area contributed by atoms with Crippen LogP contribution >= 0.6 is 0 Å². The Morgan fingerprint density at radius 2 is 2.06 bits per heavy atom. The van der Waals surface area contributed by atoms with E-state index in [1.165, 1.54) is 5.69 Å². The normalized spacial score (nSPS) is 12.0. The summed E-state index contributed by atoms with van der Waals surface area (Å²) in [6.07, 6.45) is 2.14. The molecule has 1 rings (SSSR count). The molecule has 0 unspecified atom stereocenters. The number of rotatable bonds is 7. The third-order valence-corrected chi connectivity index (χ3v) is 2.55. The average Bonchev–Trinajstić information content (AvgIpc) is 2.69. The second-order valence-electron chi connectivity index (χ2n) is 5.45. The minimum atomic E-state index is 0.222. The molecule has 0 atom stereocenters. The van der Waals surface area contributed by atoms with Crippen LogP contribution in [-0.2, 0) is 13.0 Å². The van der Waals surface area contributed by atoms with Crippen molar-refractivity contribution < 1.29 is 0 Å². The molecule has 1 aromatic rings. The maximum Gasteiger partial charge on any atom is 0.0622 e. The first-order valence-corrected chi connectivity index (χ1v) is 6.50. The zero-order valence-corrected chi connectivity index (χ0v) is 11.6. The molecule has 3 N–H and O–H groups in total. The zero-order chi connectivity index (χ0) is 12.7. The summed E-state index contributed by atoms with van der Waals surface area (Å²) in [5.41, 5.74) is 2.53. The molecule has 17 heavy (non-hydrogen) atoms. The Kier molecular flexibility index (Phi) is 5.65. The van der Waals surface area contributed by atoms with Crippen molar-refractivity contribution in [2.24, 2.45) is 0 Å². The Morgan fingerprint density at radius 3 is 2.65 bits per heavy atom. The van der Waals surface area contributed by atoms with Crippen LogP contribution in [0.2, 0.25) is 0 Å². The lowest BCUT2D eigenvalue weighted by molar-refractivity contribution is 0.418. The number of hydrogen-bond donors (Lipinski definition) is 3. The molecule has 1 aromatic heterocycles.